The molecule has 0 aliphatic heterocycles. The molecule has 1 N–H and O–H groups in total. The van der Waals surface area contributed by atoms with Crippen molar-refractivity contribution in [2.45, 2.75) is 59.7 Å². The molecular formula is C17H25NO4. The summed E-state index contributed by atoms with van der Waals surface area (Å²) < 4.78 is 10.6. The molecule has 1 aromatic rings. The third-order valence-corrected chi connectivity index (χ3v) is 2.43. The van der Waals surface area contributed by atoms with Crippen molar-refractivity contribution in [3.05, 3.63) is 29.3 Å². The Hall–Kier alpha value is -2.04. The van der Waals surface area contributed by atoms with Crippen molar-refractivity contribution >= 4 is 17.7 Å². The van der Waals surface area contributed by atoms with Crippen LogP contribution in [0, 0.1) is 6.92 Å². The molecule has 0 unspecified atom stereocenters. The smallest absolute Gasteiger partial charge is 0.412 e. The highest BCUT2D eigenvalue weighted by atomic mass is 16.6. The molecule has 1 amide bonds. The normalized spacial score (nSPS) is 11.8. The molecule has 5 nitrogen and oxygen atoms in total. The third kappa shape index (κ3) is 6.16. The molecule has 0 aromatic heterocycles. The summed E-state index contributed by atoms with van der Waals surface area (Å²) in [5, 5.41) is 2.61. The van der Waals surface area contributed by atoms with Crippen molar-refractivity contribution in [2.24, 2.45) is 0 Å². The molecule has 0 aliphatic rings. The number of rotatable bonds is 2. The zero-order chi connectivity index (χ0) is 17.1. The zero-order valence-electron chi connectivity index (χ0n) is 14.4. The number of hydrogen-bond acceptors (Lipinski definition) is 4. The minimum atomic E-state index is -0.611. The number of ether oxygens (including phenoxy) is 2. The van der Waals surface area contributed by atoms with Crippen LogP contribution < -0.4 is 5.32 Å². The van der Waals surface area contributed by atoms with Crippen molar-refractivity contribution in [1.82, 2.24) is 0 Å². The van der Waals surface area contributed by atoms with Crippen molar-refractivity contribution in [3.8, 4) is 0 Å². The Morgan fingerprint density at radius 3 is 2.00 bits per heavy atom. The number of amides is 1. The van der Waals surface area contributed by atoms with Crippen LogP contribution in [-0.4, -0.2) is 23.3 Å². The van der Waals surface area contributed by atoms with Crippen LogP contribution in [0.15, 0.2) is 18.2 Å². The Labute approximate surface area is 132 Å². The van der Waals surface area contributed by atoms with Gasteiger partial charge in [-0.2, -0.15) is 0 Å². The van der Waals surface area contributed by atoms with Crippen LogP contribution in [0.1, 0.15) is 57.5 Å². The van der Waals surface area contributed by atoms with E-state index in [0.29, 0.717) is 11.3 Å². The molecule has 0 bridgehead atoms. The first-order valence-corrected chi connectivity index (χ1v) is 7.21. The van der Waals surface area contributed by atoms with Gasteiger partial charge in [0.05, 0.1) is 11.3 Å². The van der Waals surface area contributed by atoms with E-state index in [9.17, 15) is 9.59 Å². The highest BCUT2D eigenvalue weighted by Crippen LogP contribution is 2.22. The van der Waals surface area contributed by atoms with Crippen LogP contribution in [0.5, 0.6) is 0 Å². The molecule has 5 heteroatoms. The minimum Gasteiger partial charge on any atom is -0.456 e. The number of carbonyl (C=O) groups is 2. The summed E-state index contributed by atoms with van der Waals surface area (Å²) in [5.74, 6) is -0.487. The van der Waals surface area contributed by atoms with Crippen LogP contribution in [0.4, 0.5) is 10.5 Å². The first kappa shape index (κ1) is 18.0. The van der Waals surface area contributed by atoms with Crippen molar-refractivity contribution in [1.29, 1.82) is 0 Å². The number of benzene rings is 1. The molecule has 0 fully saturated rings. The van der Waals surface area contributed by atoms with E-state index in [1.165, 1.54) is 0 Å². The van der Waals surface area contributed by atoms with E-state index in [-0.39, 0.29) is 0 Å². The average molecular weight is 307 g/mol. The van der Waals surface area contributed by atoms with Gasteiger partial charge in [-0.05, 0) is 66.2 Å². The summed E-state index contributed by atoms with van der Waals surface area (Å²) in [4.78, 5) is 24.2. The van der Waals surface area contributed by atoms with Crippen LogP contribution >= 0.6 is 0 Å². The van der Waals surface area contributed by atoms with Gasteiger partial charge in [0.25, 0.3) is 0 Å². The second kappa shape index (κ2) is 6.38. The summed E-state index contributed by atoms with van der Waals surface area (Å²) in [6.07, 6.45) is -0.608. The maximum atomic E-state index is 12.2. The van der Waals surface area contributed by atoms with Crippen molar-refractivity contribution < 1.29 is 19.1 Å². The number of esters is 1. The van der Waals surface area contributed by atoms with Gasteiger partial charge in [-0.1, -0.05) is 6.07 Å². The lowest BCUT2D eigenvalue weighted by molar-refractivity contribution is 0.00708. The summed E-state index contributed by atoms with van der Waals surface area (Å²) >= 11 is 0. The zero-order valence-corrected chi connectivity index (χ0v) is 14.4. The van der Waals surface area contributed by atoms with Crippen LogP contribution in [0.2, 0.25) is 0 Å². The highest BCUT2D eigenvalue weighted by Gasteiger charge is 2.22. The lowest BCUT2D eigenvalue weighted by atomic mass is 10.1. The predicted molar refractivity (Wildman–Crippen MR) is 86.2 cm³/mol. The van der Waals surface area contributed by atoms with E-state index in [2.05, 4.69) is 5.32 Å². The summed E-state index contributed by atoms with van der Waals surface area (Å²) in [7, 11) is 0. The third-order valence-electron chi connectivity index (χ3n) is 2.43. The Morgan fingerprint density at radius 2 is 1.50 bits per heavy atom. The fourth-order valence-corrected chi connectivity index (χ4v) is 1.69. The predicted octanol–water partition coefficient (Wildman–Crippen LogP) is 4.30. The Morgan fingerprint density at radius 1 is 0.955 bits per heavy atom. The molecule has 0 saturated heterocycles. The number of anilines is 1. The van der Waals surface area contributed by atoms with E-state index in [1.807, 2.05) is 6.92 Å². The average Bonchev–Trinajstić information content (AvgIpc) is 2.23. The molecule has 1 rings (SSSR count). The van der Waals surface area contributed by atoms with Gasteiger partial charge in [0.1, 0.15) is 11.2 Å². The molecular weight excluding hydrogens is 282 g/mol. The lowest BCUT2D eigenvalue weighted by Crippen LogP contribution is -2.28. The molecule has 0 saturated carbocycles. The largest absolute Gasteiger partial charge is 0.456 e. The van der Waals surface area contributed by atoms with E-state index >= 15 is 0 Å². The molecule has 0 spiro atoms. The van der Waals surface area contributed by atoms with E-state index in [1.54, 1.807) is 59.7 Å². The van der Waals surface area contributed by atoms with E-state index in [0.717, 1.165) is 5.56 Å². The molecule has 122 valence electrons. The Balaban J connectivity index is 3.01. The Bertz CT molecular complexity index is 565. The molecule has 0 atom stereocenters. The topological polar surface area (TPSA) is 64.6 Å². The monoisotopic (exact) mass is 307 g/mol. The van der Waals surface area contributed by atoms with Gasteiger partial charge in [0.2, 0.25) is 0 Å². The number of hydrogen-bond donors (Lipinski definition) is 1. The molecule has 0 aliphatic carbocycles. The number of aryl methyl sites for hydroxylation is 1. The summed E-state index contributed by atoms with van der Waals surface area (Å²) in [6, 6.07) is 5.14. The first-order valence-electron chi connectivity index (χ1n) is 7.21. The quantitative estimate of drug-likeness (QED) is 0.827. The van der Waals surface area contributed by atoms with Gasteiger partial charge in [-0.15, -0.1) is 0 Å². The van der Waals surface area contributed by atoms with Gasteiger partial charge >= 0.3 is 12.1 Å². The minimum absolute atomic E-state index is 0.298. The number of nitrogens with one attached hydrogen (secondary N) is 1. The van der Waals surface area contributed by atoms with E-state index < -0.39 is 23.3 Å². The van der Waals surface area contributed by atoms with Gasteiger partial charge in [-0.25, -0.2) is 9.59 Å². The summed E-state index contributed by atoms with van der Waals surface area (Å²) in [6.45, 7) is 12.6. The second-order valence-electron chi connectivity index (χ2n) is 7.18. The van der Waals surface area contributed by atoms with Gasteiger partial charge < -0.3 is 9.47 Å². The maximum absolute atomic E-state index is 12.2. The molecule has 1 aromatic carbocycles. The maximum Gasteiger partial charge on any atom is 0.412 e. The van der Waals surface area contributed by atoms with Crippen LogP contribution in [0.3, 0.4) is 0 Å². The lowest BCUT2D eigenvalue weighted by Gasteiger charge is -2.22. The molecule has 0 heterocycles. The van der Waals surface area contributed by atoms with Crippen molar-refractivity contribution in [2.75, 3.05) is 5.32 Å². The SMILES string of the molecule is Cc1ccc(C(=O)OC(C)(C)C)c(NC(=O)OC(C)(C)C)c1. The van der Waals surface area contributed by atoms with Gasteiger partial charge in [-0.3, -0.25) is 5.32 Å². The van der Waals surface area contributed by atoms with Gasteiger partial charge in [0, 0.05) is 0 Å². The fraction of sp³-hybridized carbons (Fsp3) is 0.529. The van der Waals surface area contributed by atoms with Crippen LogP contribution in [0.25, 0.3) is 0 Å². The summed E-state index contributed by atoms with van der Waals surface area (Å²) in [5.41, 5.74) is 0.374. The molecule has 0 radical (unpaired) electrons. The fourth-order valence-electron chi connectivity index (χ4n) is 1.69. The number of carbonyl (C=O) groups excluding carboxylic acids is 2. The first-order chi connectivity index (χ1) is 9.87. The second-order valence-corrected chi connectivity index (χ2v) is 7.18. The molecule has 22 heavy (non-hydrogen) atoms. The standard InChI is InChI=1S/C17H25NO4/c1-11-8-9-12(14(19)21-16(2,3)4)13(10-11)18-15(20)22-17(5,6)7/h8-10H,1-7H3,(H,18,20). The Kier molecular flexibility index (Phi) is 5.22. The van der Waals surface area contributed by atoms with Crippen molar-refractivity contribution in [3.63, 3.8) is 0 Å². The van der Waals surface area contributed by atoms with E-state index in [4.69, 9.17) is 9.47 Å². The highest BCUT2D eigenvalue weighted by molar-refractivity contribution is 6.00. The van der Waals surface area contributed by atoms with Crippen LogP contribution in [-0.2, 0) is 9.47 Å². The van der Waals surface area contributed by atoms with Gasteiger partial charge in [0.15, 0.2) is 0 Å².